The van der Waals surface area contributed by atoms with Crippen LogP contribution in [0.2, 0.25) is 5.02 Å². The van der Waals surface area contributed by atoms with E-state index in [9.17, 15) is 13.2 Å². The van der Waals surface area contributed by atoms with Crippen molar-refractivity contribution in [3.8, 4) is 11.3 Å². The Morgan fingerprint density at radius 3 is 2.64 bits per heavy atom. The summed E-state index contributed by atoms with van der Waals surface area (Å²) in [5, 5.41) is 6.97. The standard InChI is InChI=1S/C14H15ClN2O4S/c1-22(19,20)7-6-16-14(18)9-12-8-13(21-17-12)10-2-4-11(15)5-3-10/h2-5,8H,6-7,9H2,1H3,(H,16,18). The van der Waals surface area contributed by atoms with Crippen molar-refractivity contribution in [1.82, 2.24) is 10.5 Å². The first-order chi connectivity index (χ1) is 10.3. The molecule has 1 aromatic carbocycles. The van der Waals surface area contributed by atoms with Crippen molar-refractivity contribution in [2.45, 2.75) is 6.42 Å². The minimum absolute atomic E-state index is 0.0286. The molecule has 1 amide bonds. The van der Waals surface area contributed by atoms with Gasteiger partial charge in [0.2, 0.25) is 5.91 Å². The van der Waals surface area contributed by atoms with Crippen LogP contribution in [0.1, 0.15) is 5.69 Å². The molecule has 0 atom stereocenters. The molecular weight excluding hydrogens is 328 g/mol. The zero-order valence-electron chi connectivity index (χ0n) is 11.9. The molecule has 0 unspecified atom stereocenters. The molecule has 2 aromatic rings. The Bertz CT molecular complexity index is 753. The Kier molecular flexibility index (Phi) is 5.20. The first-order valence-corrected chi connectivity index (χ1v) is 8.93. The van der Waals surface area contributed by atoms with Gasteiger partial charge in [-0.2, -0.15) is 0 Å². The number of amides is 1. The molecule has 1 aromatic heterocycles. The van der Waals surface area contributed by atoms with Crippen LogP contribution >= 0.6 is 11.6 Å². The van der Waals surface area contributed by atoms with Gasteiger partial charge < -0.3 is 9.84 Å². The fourth-order valence-corrected chi connectivity index (χ4v) is 2.35. The minimum atomic E-state index is -3.09. The Morgan fingerprint density at radius 1 is 1.32 bits per heavy atom. The quantitative estimate of drug-likeness (QED) is 0.863. The first kappa shape index (κ1) is 16.5. The summed E-state index contributed by atoms with van der Waals surface area (Å²) in [6, 6.07) is 8.71. The zero-order valence-corrected chi connectivity index (χ0v) is 13.4. The van der Waals surface area contributed by atoms with Gasteiger partial charge in [0, 0.05) is 29.5 Å². The summed E-state index contributed by atoms with van der Waals surface area (Å²) in [6.45, 7) is 0.0829. The van der Waals surface area contributed by atoms with Gasteiger partial charge in [-0.25, -0.2) is 8.42 Å². The maximum atomic E-state index is 11.7. The van der Waals surface area contributed by atoms with Crippen LogP contribution in [0, 0.1) is 0 Å². The van der Waals surface area contributed by atoms with Gasteiger partial charge in [-0.05, 0) is 24.3 Å². The molecule has 0 fully saturated rings. The molecule has 1 N–H and O–H groups in total. The minimum Gasteiger partial charge on any atom is -0.356 e. The number of hydrogen-bond acceptors (Lipinski definition) is 5. The number of carbonyl (C=O) groups excluding carboxylic acids is 1. The Balaban J connectivity index is 1.91. The van der Waals surface area contributed by atoms with Gasteiger partial charge in [-0.15, -0.1) is 0 Å². The summed E-state index contributed by atoms with van der Waals surface area (Å²) in [4.78, 5) is 11.7. The molecule has 6 nitrogen and oxygen atoms in total. The molecule has 2 rings (SSSR count). The number of benzene rings is 1. The highest BCUT2D eigenvalue weighted by molar-refractivity contribution is 7.90. The molecule has 0 saturated heterocycles. The number of hydrogen-bond donors (Lipinski definition) is 1. The normalized spacial score (nSPS) is 11.4. The van der Waals surface area contributed by atoms with Crippen molar-refractivity contribution < 1.29 is 17.7 Å². The summed E-state index contributed by atoms with van der Waals surface area (Å²) in [6.07, 6.45) is 1.15. The molecule has 0 aliphatic carbocycles. The van der Waals surface area contributed by atoms with Crippen LogP contribution in [0.5, 0.6) is 0 Å². The van der Waals surface area contributed by atoms with Gasteiger partial charge in [0.25, 0.3) is 0 Å². The third kappa shape index (κ3) is 5.16. The zero-order chi connectivity index (χ0) is 16.2. The number of nitrogens with one attached hydrogen (secondary N) is 1. The predicted molar refractivity (Wildman–Crippen MR) is 83.4 cm³/mol. The van der Waals surface area contributed by atoms with E-state index in [2.05, 4.69) is 10.5 Å². The summed E-state index contributed by atoms with van der Waals surface area (Å²) in [5.74, 6) is 0.142. The summed E-state index contributed by atoms with van der Waals surface area (Å²) in [5.41, 5.74) is 1.28. The van der Waals surface area contributed by atoms with E-state index < -0.39 is 9.84 Å². The van der Waals surface area contributed by atoms with Crippen LogP contribution < -0.4 is 5.32 Å². The first-order valence-electron chi connectivity index (χ1n) is 6.49. The second kappa shape index (κ2) is 6.93. The van der Waals surface area contributed by atoms with Crippen molar-refractivity contribution in [2.75, 3.05) is 18.6 Å². The largest absolute Gasteiger partial charge is 0.356 e. The Labute approximate surface area is 133 Å². The lowest BCUT2D eigenvalue weighted by atomic mass is 10.1. The van der Waals surface area contributed by atoms with E-state index in [1.807, 2.05) is 0 Å². The highest BCUT2D eigenvalue weighted by Gasteiger charge is 2.11. The van der Waals surface area contributed by atoms with Crippen molar-refractivity contribution in [3.05, 3.63) is 41.0 Å². The maximum Gasteiger partial charge on any atom is 0.226 e. The van der Waals surface area contributed by atoms with Crippen LogP contribution in [0.4, 0.5) is 0 Å². The lowest BCUT2D eigenvalue weighted by Crippen LogP contribution is -2.30. The number of carbonyl (C=O) groups is 1. The fourth-order valence-electron chi connectivity index (χ4n) is 1.75. The maximum absolute atomic E-state index is 11.7. The van der Waals surface area contributed by atoms with Crippen molar-refractivity contribution in [2.24, 2.45) is 0 Å². The molecule has 0 radical (unpaired) electrons. The number of halogens is 1. The Hall–Kier alpha value is -1.86. The van der Waals surface area contributed by atoms with Crippen molar-refractivity contribution in [3.63, 3.8) is 0 Å². The van der Waals surface area contributed by atoms with Crippen molar-refractivity contribution >= 4 is 27.3 Å². The van der Waals surface area contributed by atoms with E-state index >= 15 is 0 Å². The molecule has 22 heavy (non-hydrogen) atoms. The molecule has 0 aliphatic rings. The van der Waals surface area contributed by atoms with Gasteiger partial charge in [0.15, 0.2) is 5.76 Å². The van der Waals surface area contributed by atoms with Crippen LogP contribution in [-0.4, -0.2) is 38.0 Å². The highest BCUT2D eigenvalue weighted by atomic mass is 35.5. The van der Waals surface area contributed by atoms with Gasteiger partial charge in [-0.3, -0.25) is 4.79 Å². The molecule has 0 saturated carbocycles. The monoisotopic (exact) mass is 342 g/mol. The van der Waals surface area contributed by atoms with Crippen LogP contribution in [0.25, 0.3) is 11.3 Å². The van der Waals surface area contributed by atoms with Gasteiger partial charge in [0.05, 0.1) is 17.9 Å². The third-order valence-electron chi connectivity index (χ3n) is 2.82. The van der Waals surface area contributed by atoms with Gasteiger partial charge >= 0.3 is 0 Å². The van der Waals surface area contributed by atoms with E-state index in [0.717, 1.165) is 11.8 Å². The van der Waals surface area contributed by atoms with E-state index in [4.69, 9.17) is 16.1 Å². The van der Waals surface area contributed by atoms with Gasteiger partial charge in [-0.1, -0.05) is 16.8 Å². The molecule has 1 heterocycles. The molecular formula is C14H15ClN2O4S. The van der Waals surface area contributed by atoms with Crippen LogP contribution in [0.3, 0.4) is 0 Å². The number of rotatable bonds is 6. The molecule has 0 bridgehead atoms. The number of nitrogens with zero attached hydrogens (tertiary/aromatic N) is 1. The molecule has 0 aliphatic heterocycles. The van der Waals surface area contributed by atoms with E-state index in [1.165, 1.54) is 0 Å². The SMILES string of the molecule is CS(=O)(=O)CCNC(=O)Cc1cc(-c2ccc(Cl)cc2)on1. The number of sulfone groups is 1. The van der Waals surface area contributed by atoms with E-state index in [0.29, 0.717) is 16.5 Å². The van der Waals surface area contributed by atoms with Crippen LogP contribution in [0.15, 0.2) is 34.9 Å². The molecule has 118 valence electrons. The summed E-state index contributed by atoms with van der Waals surface area (Å²) in [7, 11) is -3.09. The molecule has 8 heteroatoms. The second-order valence-corrected chi connectivity index (χ2v) is 7.54. The summed E-state index contributed by atoms with van der Waals surface area (Å²) >= 11 is 5.81. The Morgan fingerprint density at radius 2 is 2.00 bits per heavy atom. The third-order valence-corrected chi connectivity index (χ3v) is 4.02. The topological polar surface area (TPSA) is 89.3 Å². The van der Waals surface area contributed by atoms with E-state index in [1.54, 1.807) is 30.3 Å². The average molecular weight is 343 g/mol. The van der Waals surface area contributed by atoms with Crippen molar-refractivity contribution in [1.29, 1.82) is 0 Å². The number of aromatic nitrogens is 1. The van der Waals surface area contributed by atoms with Crippen LogP contribution in [-0.2, 0) is 21.1 Å². The van der Waals surface area contributed by atoms with E-state index in [-0.39, 0.29) is 24.6 Å². The lowest BCUT2D eigenvalue weighted by Gasteiger charge is -2.01. The molecule has 0 spiro atoms. The highest BCUT2D eigenvalue weighted by Crippen LogP contribution is 2.22. The van der Waals surface area contributed by atoms with Gasteiger partial charge in [0.1, 0.15) is 9.84 Å². The second-order valence-electron chi connectivity index (χ2n) is 4.85. The smallest absolute Gasteiger partial charge is 0.226 e. The predicted octanol–water partition coefficient (Wildman–Crippen LogP) is 1.70. The lowest BCUT2D eigenvalue weighted by molar-refractivity contribution is -0.120. The fraction of sp³-hybridized carbons (Fsp3) is 0.286. The summed E-state index contributed by atoms with van der Waals surface area (Å²) < 4.78 is 27.1. The average Bonchev–Trinajstić information content (AvgIpc) is 2.86.